The van der Waals surface area contributed by atoms with Crippen molar-refractivity contribution < 1.29 is 4.74 Å². The Hall–Kier alpha value is -4.80. The predicted octanol–water partition coefficient (Wildman–Crippen LogP) is 10.3. The van der Waals surface area contributed by atoms with Gasteiger partial charge in [-0.25, -0.2) is 9.97 Å². The van der Waals surface area contributed by atoms with Gasteiger partial charge in [0.1, 0.15) is 11.5 Å². The molecule has 0 unspecified atom stereocenters. The van der Waals surface area contributed by atoms with Crippen molar-refractivity contribution in [1.82, 2.24) is 9.97 Å². The lowest BCUT2D eigenvalue weighted by Crippen LogP contribution is -2.24. The van der Waals surface area contributed by atoms with Gasteiger partial charge >= 0.3 is 0 Å². The van der Waals surface area contributed by atoms with E-state index in [0.29, 0.717) is 5.82 Å². The van der Waals surface area contributed by atoms with Gasteiger partial charge in [-0.1, -0.05) is 117 Å². The molecule has 5 aromatic carbocycles. The second-order valence-electron chi connectivity index (χ2n) is 11.0. The molecule has 0 amide bonds. The topological polar surface area (TPSA) is 35.0 Å². The summed E-state index contributed by atoms with van der Waals surface area (Å²) >= 11 is 1.80. The van der Waals surface area contributed by atoms with Crippen molar-refractivity contribution in [2.24, 2.45) is 0 Å². The second kappa shape index (κ2) is 9.12. The highest BCUT2D eigenvalue weighted by Crippen LogP contribution is 2.53. The normalized spacial score (nSPS) is 13.5. The average molecular weight is 547 g/mol. The maximum atomic E-state index is 6.80. The van der Waals surface area contributed by atoms with Gasteiger partial charge in [-0.15, -0.1) is 11.3 Å². The van der Waals surface area contributed by atoms with Crippen molar-refractivity contribution in [3.05, 3.63) is 132 Å². The number of hydrogen-bond acceptors (Lipinski definition) is 4. The van der Waals surface area contributed by atoms with Gasteiger partial charge in [-0.05, 0) is 18.2 Å². The van der Waals surface area contributed by atoms with Crippen LogP contribution in [0.5, 0.6) is 11.5 Å². The molecule has 4 heteroatoms. The Balaban J connectivity index is 1.30. The van der Waals surface area contributed by atoms with Crippen molar-refractivity contribution in [3.63, 3.8) is 0 Å². The highest BCUT2D eigenvalue weighted by Gasteiger charge is 2.36. The molecule has 3 heterocycles. The highest BCUT2D eigenvalue weighted by atomic mass is 32.1. The Kier molecular flexibility index (Phi) is 5.34. The third-order valence-corrected chi connectivity index (χ3v) is 9.35. The quantitative estimate of drug-likeness (QED) is 0.221. The van der Waals surface area contributed by atoms with Crippen LogP contribution in [0.15, 0.2) is 121 Å². The first kappa shape index (κ1) is 24.0. The Bertz CT molecular complexity index is 2040. The standard InChI is InChI=1S/C37H26N2OS/c1-37(2)28-19-17-25(21-32(28)40-34-29(37)20-18-27-26-15-9-10-16-33(26)41-35(27)34)36-38-30(23-11-5-3-6-12-23)22-31(39-36)24-13-7-4-8-14-24/h3-22H,1-2H3. The molecule has 0 saturated heterocycles. The molecule has 1 aliphatic heterocycles. The summed E-state index contributed by atoms with van der Waals surface area (Å²) in [7, 11) is 0. The van der Waals surface area contributed by atoms with Crippen molar-refractivity contribution in [3.8, 4) is 45.4 Å². The Morgan fingerprint density at radius 2 is 1.22 bits per heavy atom. The third kappa shape index (κ3) is 3.86. The smallest absolute Gasteiger partial charge is 0.160 e. The number of benzene rings is 5. The van der Waals surface area contributed by atoms with Crippen molar-refractivity contribution >= 4 is 31.5 Å². The number of rotatable bonds is 3. The Morgan fingerprint density at radius 1 is 0.585 bits per heavy atom. The van der Waals surface area contributed by atoms with Gasteiger partial charge in [0.2, 0.25) is 0 Å². The maximum Gasteiger partial charge on any atom is 0.160 e. The summed E-state index contributed by atoms with van der Waals surface area (Å²) < 4.78 is 9.27. The zero-order valence-corrected chi connectivity index (χ0v) is 23.6. The van der Waals surface area contributed by atoms with Crippen LogP contribution in [0.4, 0.5) is 0 Å². The van der Waals surface area contributed by atoms with E-state index in [9.17, 15) is 0 Å². The monoisotopic (exact) mass is 546 g/mol. The molecule has 196 valence electrons. The maximum absolute atomic E-state index is 6.80. The van der Waals surface area contributed by atoms with Crippen LogP contribution in [0.25, 0.3) is 54.1 Å². The van der Waals surface area contributed by atoms with E-state index in [1.165, 1.54) is 25.7 Å². The first-order chi connectivity index (χ1) is 20.1. The molecular weight excluding hydrogens is 520 g/mol. The fourth-order valence-corrected chi connectivity index (χ4v) is 7.15. The molecule has 0 aliphatic carbocycles. The van der Waals surface area contributed by atoms with E-state index in [2.05, 4.69) is 98.8 Å². The summed E-state index contributed by atoms with van der Waals surface area (Å²) in [5, 5.41) is 2.52. The molecule has 0 saturated carbocycles. The molecule has 0 bridgehead atoms. The molecular formula is C37H26N2OS. The molecule has 0 fully saturated rings. The molecule has 3 nitrogen and oxygen atoms in total. The highest BCUT2D eigenvalue weighted by molar-refractivity contribution is 7.26. The van der Waals surface area contributed by atoms with Crippen LogP contribution in [-0.2, 0) is 5.41 Å². The molecule has 0 N–H and O–H groups in total. The number of thiophene rings is 1. The predicted molar refractivity (Wildman–Crippen MR) is 170 cm³/mol. The first-order valence-corrected chi connectivity index (χ1v) is 14.7. The number of hydrogen-bond donors (Lipinski definition) is 0. The van der Waals surface area contributed by atoms with Crippen LogP contribution in [0.1, 0.15) is 25.0 Å². The van der Waals surface area contributed by atoms with E-state index in [0.717, 1.165) is 45.1 Å². The van der Waals surface area contributed by atoms with Crippen LogP contribution in [0.2, 0.25) is 0 Å². The molecule has 0 radical (unpaired) electrons. The van der Waals surface area contributed by atoms with Crippen molar-refractivity contribution in [2.45, 2.75) is 19.3 Å². The summed E-state index contributed by atoms with van der Waals surface area (Å²) in [6.45, 7) is 4.57. The van der Waals surface area contributed by atoms with Gasteiger partial charge in [0.15, 0.2) is 5.82 Å². The van der Waals surface area contributed by atoms with Crippen LogP contribution in [-0.4, -0.2) is 9.97 Å². The number of nitrogens with zero attached hydrogens (tertiary/aromatic N) is 2. The Morgan fingerprint density at radius 3 is 1.93 bits per heavy atom. The fourth-order valence-electron chi connectivity index (χ4n) is 5.96. The van der Waals surface area contributed by atoms with Gasteiger partial charge in [0.25, 0.3) is 0 Å². The van der Waals surface area contributed by atoms with Crippen LogP contribution >= 0.6 is 11.3 Å². The third-order valence-electron chi connectivity index (χ3n) is 8.17. The van der Waals surface area contributed by atoms with Crippen LogP contribution in [0, 0.1) is 0 Å². The van der Waals surface area contributed by atoms with E-state index < -0.39 is 0 Å². The van der Waals surface area contributed by atoms with Gasteiger partial charge < -0.3 is 4.74 Å². The van der Waals surface area contributed by atoms with Crippen LogP contribution < -0.4 is 4.74 Å². The summed E-state index contributed by atoms with van der Waals surface area (Å²) in [5.74, 6) is 2.50. The van der Waals surface area contributed by atoms with Crippen molar-refractivity contribution in [1.29, 1.82) is 0 Å². The largest absolute Gasteiger partial charge is 0.455 e. The average Bonchev–Trinajstić information content (AvgIpc) is 3.41. The minimum absolute atomic E-state index is 0.215. The van der Waals surface area contributed by atoms with E-state index in [4.69, 9.17) is 14.7 Å². The van der Waals surface area contributed by atoms with Gasteiger partial charge in [-0.3, -0.25) is 0 Å². The molecule has 41 heavy (non-hydrogen) atoms. The SMILES string of the molecule is CC1(C)c2ccc(-c3nc(-c4ccccc4)cc(-c4ccccc4)n3)cc2Oc2c1ccc1c2sc2ccccc21. The molecule has 1 aliphatic rings. The lowest BCUT2D eigenvalue weighted by Gasteiger charge is -2.35. The van der Waals surface area contributed by atoms with Crippen molar-refractivity contribution in [2.75, 3.05) is 0 Å². The molecule has 8 rings (SSSR count). The summed E-state index contributed by atoms with van der Waals surface area (Å²) in [6, 6.07) is 42.2. The molecule has 7 aromatic rings. The summed E-state index contributed by atoms with van der Waals surface area (Å²) in [6.07, 6.45) is 0. The van der Waals surface area contributed by atoms with E-state index in [-0.39, 0.29) is 5.41 Å². The second-order valence-corrected chi connectivity index (χ2v) is 12.1. The number of ether oxygens (including phenoxy) is 1. The molecule has 2 aromatic heterocycles. The number of fused-ring (bicyclic) bond motifs is 6. The zero-order chi connectivity index (χ0) is 27.6. The summed E-state index contributed by atoms with van der Waals surface area (Å²) in [4.78, 5) is 10.1. The summed E-state index contributed by atoms with van der Waals surface area (Å²) in [5.41, 5.74) is 7.00. The minimum atomic E-state index is -0.215. The van der Waals surface area contributed by atoms with E-state index in [1.54, 1.807) is 11.3 Å². The van der Waals surface area contributed by atoms with Gasteiger partial charge in [0.05, 0.1) is 16.1 Å². The van der Waals surface area contributed by atoms with Crippen LogP contribution in [0.3, 0.4) is 0 Å². The lowest BCUT2D eigenvalue weighted by atomic mass is 9.75. The lowest BCUT2D eigenvalue weighted by molar-refractivity contribution is 0.424. The van der Waals surface area contributed by atoms with E-state index >= 15 is 0 Å². The Labute approximate surface area is 242 Å². The van der Waals surface area contributed by atoms with Gasteiger partial charge in [0, 0.05) is 48.7 Å². The minimum Gasteiger partial charge on any atom is -0.455 e. The molecule has 0 atom stereocenters. The van der Waals surface area contributed by atoms with Gasteiger partial charge in [-0.2, -0.15) is 0 Å². The molecule has 0 spiro atoms. The van der Waals surface area contributed by atoms with E-state index in [1.807, 2.05) is 36.4 Å². The fraction of sp³-hybridized carbons (Fsp3) is 0.0811. The zero-order valence-electron chi connectivity index (χ0n) is 22.8. The number of aromatic nitrogens is 2. The first-order valence-electron chi connectivity index (χ1n) is 13.8.